The summed E-state index contributed by atoms with van der Waals surface area (Å²) >= 11 is 0. The van der Waals surface area contributed by atoms with Crippen LogP contribution in [0.5, 0.6) is 0 Å². The lowest BCUT2D eigenvalue weighted by atomic mass is 10.3. The second kappa shape index (κ2) is 4.87. The normalized spacial score (nSPS) is 11.6. The zero-order valence-electron chi connectivity index (χ0n) is 10.4. The molecule has 6 heteroatoms. The van der Waals surface area contributed by atoms with Gasteiger partial charge in [-0.2, -0.15) is 5.10 Å². The molecule has 0 radical (unpaired) electrons. The number of furan rings is 1. The second-order valence-electron chi connectivity index (χ2n) is 3.95. The third-order valence-electron chi connectivity index (χ3n) is 2.30. The number of hydrazone groups is 1. The van der Waals surface area contributed by atoms with Gasteiger partial charge in [-0.15, -0.1) is 0 Å². The molecule has 0 saturated heterocycles. The van der Waals surface area contributed by atoms with Crippen molar-refractivity contribution in [2.75, 3.05) is 5.43 Å². The van der Waals surface area contributed by atoms with Gasteiger partial charge in [0.2, 0.25) is 5.95 Å². The molecular formula is C12H14N4O2. The first-order chi connectivity index (χ1) is 8.54. The first-order valence-corrected chi connectivity index (χ1v) is 5.49. The molecule has 2 rings (SSSR count). The van der Waals surface area contributed by atoms with E-state index in [-0.39, 0.29) is 5.56 Å². The predicted octanol–water partition coefficient (Wildman–Crippen LogP) is 1.82. The highest BCUT2D eigenvalue weighted by atomic mass is 16.3. The minimum atomic E-state index is -0.216. The van der Waals surface area contributed by atoms with Crippen LogP contribution in [0.4, 0.5) is 5.95 Å². The largest absolute Gasteiger partial charge is 0.460 e. The van der Waals surface area contributed by atoms with Gasteiger partial charge in [0.05, 0.1) is 0 Å². The van der Waals surface area contributed by atoms with Gasteiger partial charge in [-0.1, -0.05) is 0 Å². The molecule has 0 amide bonds. The van der Waals surface area contributed by atoms with Crippen LogP contribution in [0.3, 0.4) is 0 Å². The number of aromatic amines is 1. The molecule has 0 spiro atoms. The summed E-state index contributed by atoms with van der Waals surface area (Å²) in [5.74, 6) is 1.80. The van der Waals surface area contributed by atoms with Crippen molar-refractivity contribution in [3.8, 4) is 0 Å². The van der Waals surface area contributed by atoms with E-state index in [9.17, 15) is 4.79 Å². The highest BCUT2D eigenvalue weighted by Gasteiger charge is 2.03. The Morgan fingerprint density at radius 3 is 2.83 bits per heavy atom. The summed E-state index contributed by atoms with van der Waals surface area (Å²) in [4.78, 5) is 17.9. The van der Waals surface area contributed by atoms with E-state index < -0.39 is 0 Å². The van der Waals surface area contributed by atoms with E-state index in [0.717, 1.165) is 5.76 Å². The van der Waals surface area contributed by atoms with Crippen molar-refractivity contribution in [1.29, 1.82) is 0 Å². The van der Waals surface area contributed by atoms with Gasteiger partial charge < -0.3 is 4.42 Å². The van der Waals surface area contributed by atoms with Crippen LogP contribution in [0.25, 0.3) is 0 Å². The van der Waals surface area contributed by atoms with E-state index in [1.54, 1.807) is 13.8 Å². The van der Waals surface area contributed by atoms with Crippen molar-refractivity contribution in [3.63, 3.8) is 0 Å². The van der Waals surface area contributed by atoms with Gasteiger partial charge in [0, 0.05) is 11.8 Å². The van der Waals surface area contributed by atoms with Crippen LogP contribution in [-0.4, -0.2) is 15.7 Å². The van der Waals surface area contributed by atoms with Crippen molar-refractivity contribution in [1.82, 2.24) is 9.97 Å². The number of aromatic nitrogens is 2. The van der Waals surface area contributed by atoms with Gasteiger partial charge in [-0.25, -0.2) is 10.4 Å². The van der Waals surface area contributed by atoms with E-state index in [0.29, 0.717) is 23.1 Å². The molecule has 6 nitrogen and oxygen atoms in total. The smallest absolute Gasteiger partial charge is 0.252 e. The van der Waals surface area contributed by atoms with Gasteiger partial charge in [0.1, 0.15) is 17.2 Å². The quantitative estimate of drug-likeness (QED) is 0.639. The van der Waals surface area contributed by atoms with E-state index in [1.807, 2.05) is 19.1 Å². The molecule has 0 aromatic carbocycles. The summed E-state index contributed by atoms with van der Waals surface area (Å²) < 4.78 is 5.42. The van der Waals surface area contributed by atoms with Crippen LogP contribution in [0, 0.1) is 13.8 Å². The lowest BCUT2D eigenvalue weighted by Gasteiger charge is -2.01. The van der Waals surface area contributed by atoms with Crippen LogP contribution in [0.15, 0.2) is 32.5 Å². The van der Waals surface area contributed by atoms with E-state index in [4.69, 9.17) is 4.42 Å². The van der Waals surface area contributed by atoms with Gasteiger partial charge in [-0.05, 0) is 32.9 Å². The molecule has 0 fully saturated rings. The Balaban J connectivity index is 2.17. The van der Waals surface area contributed by atoms with Crippen LogP contribution >= 0.6 is 0 Å². The number of aryl methyl sites for hydroxylation is 2. The molecule has 0 atom stereocenters. The van der Waals surface area contributed by atoms with Crippen molar-refractivity contribution in [3.05, 3.63) is 45.8 Å². The number of H-pyrrole nitrogens is 1. The third kappa shape index (κ3) is 2.85. The van der Waals surface area contributed by atoms with E-state index in [2.05, 4.69) is 20.5 Å². The fourth-order valence-electron chi connectivity index (χ4n) is 1.45. The zero-order valence-corrected chi connectivity index (χ0v) is 10.4. The Kier molecular flexibility index (Phi) is 3.27. The average Bonchev–Trinajstić information content (AvgIpc) is 2.71. The molecule has 0 saturated carbocycles. The minimum absolute atomic E-state index is 0.216. The zero-order chi connectivity index (χ0) is 13.1. The molecule has 2 aromatic heterocycles. The summed E-state index contributed by atoms with van der Waals surface area (Å²) in [5.41, 5.74) is 3.78. The first-order valence-electron chi connectivity index (χ1n) is 5.49. The average molecular weight is 246 g/mol. The van der Waals surface area contributed by atoms with Gasteiger partial charge in [0.25, 0.3) is 5.56 Å². The lowest BCUT2D eigenvalue weighted by molar-refractivity contribution is 0.525. The lowest BCUT2D eigenvalue weighted by Crippen LogP contribution is -2.11. The summed E-state index contributed by atoms with van der Waals surface area (Å²) in [6.07, 6.45) is 0. The second-order valence-corrected chi connectivity index (χ2v) is 3.95. The summed E-state index contributed by atoms with van der Waals surface area (Å²) in [7, 11) is 0. The number of hydrogen-bond acceptors (Lipinski definition) is 5. The molecule has 0 bridgehead atoms. The van der Waals surface area contributed by atoms with Gasteiger partial charge in [-0.3, -0.25) is 9.78 Å². The molecule has 0 aliphatic heterocycles. The van der Waals surface area contributed by atoms with Crippen molar-refractivity contribution in [2.24, 2.45) is 5.10 Å². The van der Waals surface area contributed by atoms with Crippen molar-refractivity contribution in [2.45, 2.75) is 20.8 Å². The van der Waals surface area contributed by atoms with Crippen LogP contribution in [-0.2, 0) is 0 Å². The van der Waals surface area contributed by atoms with Gasteiger partial charge >= 0.3 is 0 Å². The Labute approximate surface area is 104 Å². The number of nitrogens with zero attached hydrogens (tertiary/aromatic N) is 2. The number of nitrogens with one attached hydrogen (secondary N) is 2. The Morgan fingerprint density at radius 2 is 2.22 bits per heavy atom. The molecule has 0 aliphatic carbocycles. The topological polar surface area (TPSA) is 83.3 Å². The first kappa shape index (κ1) is 12.1. The Hall–Kier alpha value is -2.37. The maximum absolute atomic E-state index is 11.2. The van der Waals surface area contributed by atoms with Crippen molar-refractivity contribution >= 4 is 11.7 Å². The van der Waals surface area contributed by atoms with Gasteiger partial charge in [0.15, 0.2) is 0 Å². The SMILES string of the molecule is C/C(=N\Nc1nc(C)cc(=O)[nH]1)c1ccc(C)o1. The fourth-order valence-corrected chi connectivity index (χ4v) is 1.45. The third-order valence-corrected chi connectivity index (χ3v) is 2.30. The molecule has 2 heterocycles. The molecule has 94 valence electrons. The van der Waals surface area contributed by atoms with Crippen LogP contribution < -0.4 is 11.0 Å². The molecule has 2 aromatic rings. The number of rotatable bonds is 3. The van der Waals surface area contributed by atoms with Crippen molar-refractivity contribution < 1.29 is 4.42 Å². The minimum Gasteiger partial charge on any atom is -0.460 e. The summed E-state index contributed by atoms with van der Waals surface area (Å²) in [6.45, 7) is 5.41. The van der Waals surface area contributed by atoms with E-state index >= 15 is 0 Å². The molecule has 0 aliphatic rings. The monoisotopic (exact) mass is 246 g/mol. The standard InChI is InChI=1S/C12H14N4O2/c1-7-6-11(17)14-12(13-7)16-15-9(3)10-5-4-8(2)18-10/h4-6H,1-3H3,(H2,13,14,16,17)/b15-9+. The highest BCUT2D eigenvalue weighted by molar-refractivity contribution is 5.96. The summed E-state index contributed by atoms with van der Waals surface area (Å²) in [6, 6.07) is 5.11. The Morgan fingerprint density at radius 1 is 1.44 bits per heavy atom. The maximum Gasteiger partial charge on any atom is 0.252 e. The molecular weight excluding hydrogens is 232 g/mol. The predicted molar refractivity (Wildman–Crippen MR) is 68.9 cm³/mol. The number of hydrogen-bond donors (Lipinski definition) is 2. The Bertz CT molecular complexity index is 640. The molecule has 18 heavy (non-hydrogen) atoms. The number of anilines is 1. The maximum atomic E-state index is 11.2. The molecule has 0 unspecified atom stereocenters. The molecule has 2 N–H and O–H groups in total. The summed E-state index contributed by atoms with van der Waals surface area (Å²) in [5, 5.41) is 4.10. The van der Waals surface area contributed by atoms with Crippen LogP contribution in [0.2, 0.25) is 0 Å². The highest BCUT2D eigenvalue weighted by Crippen LogP contribution is 2.07. The van der Waals surface area contributed by atoms with E-state index in [1.165, 1.54) is 6.07 Å². The fraction of sp³-hybridized carbons (Fsp3) is 0.250. The van der Waals surface area contributed by atoms with Crippen LogP contribution in [0.1, 0.15) is 24.1 Å².